The summed E-state index contributed by atoms with van der Waals surface area (Å²) in [6.07, 6.45) is -2.46. The second kappa shape index (κ2) is 8.31. The van der Waals surface area contributed by atoms with E-state index in [-0.39, 0.29) is 16.5 Å². The molecule has 0 aliphatic heterocycles. The van der Waals surface area contributed by atoms with Crippen molar-refractivity contribution in [3.63, 3.8) is 0 Å². The fourth-order valence-electron chi connectivity index (χ4n) is 2.94. The Bertz CT molecular complexity index is 1280. The van der Waals surface area contributed by atoms with E-state index < -0.39 is 17.8 Å². The van der Waals surface area contributed by atoms with Gasteiger partial charge in [0.25, 0.3) is 5.91 Å². The van der Waals surface area contributed by atoms with Gasteiger partial charge in [0.15, 0.2) is 5.69 Å². The first kappa shape index (κ1) is 20.7. The van der Waals surface area contributed by atoms with Crippen LogP contribution in [0.4, 0.5) is 13.2 Å². The SMILES string of the molecule is CC/C=N\NC(=O)c1csc(-n2nc(C(F)(F)F)cc2-c2ccc3ccccc3c2)n1. The second-order valence-electron chi connectivity index (χ2n) is 6.56. The van der Waals surface area contributed by atoms with Gasteiger partial charge in [-0.2, -0.15) is 23.4 Å². The smallest absolute Gasteiger partial charge is 0.266 e. The van der Waals surface area contributed by atoms with Crippen molar-refractivity contribution in [3.05, 3.63) is 65.3 Å². The third kappa shape index (κ3) is 4.33. The summed E-state index contributed by atoms with van der Waals surface area (Å²) in [6.45, 7) is 1.86. The van der Waals surface area contributed by atoms with Gasteiger partial charge in [0.1, 0.15) is 5.69 Å². The highest BCUT2D eigenvalue weighted by atomic mass is 32.1. The van der Waals surface area contributed by atoms with E-state index in [2.05, 4.69) is 20.6 Å². The number of nitrogens with zero attached hydrogens (tertiary/aromatic N) is 4. The van der Waals surface area contributed by atoms with Crippen molar-refractivity contribution in [2.24, 2.45) is 5.10 Å². The number of aromatic nitrogens is 3. The van der Waals surface area contributed by atoms with E-state index in [1.807, 2.05) is 37.3 Å². The van der Waals surface area contributed by atoms with Crippen molar-refractivity contribution in [1.29, 1.82) is 0 Å². The minimum Gasteiger partial charge on any atom is -0.266 e. The molecule has 158 valence electrons. The van der Waals surface area contributed by atoms with E-state index in [1.54, 1.807) is 12.1 Å². The molecular weight excluding hydrogens is 427 g/mol. The van der Waals surface area contributed by atoms with Gasteiger partial charge >= 0.3 is 6.18 Å². The van der Waals surface area contributed by atoms with Gasteiger partial charge in [0.05, 0.1) is 5.69 Å². The van der Waals surface area contributed by atoms with Crippen molar-refractivity contribution in [2.75, 3.05) is 0 Å². The number of benzene rings is 2. The topological polar surface area (TPSA) is 72.2 Å². The van der Waals surface area contributed by atoms with Crippen LogP contribution in [0.15, 0.2) is 59.0 Å². The normalized spacial score (nSPS) is 12.0. The highest BCUT2D eigenvalue weighted by Gasteiger charge is 2.35. The number of alkyl halides is 3. The maximum Gasteiger partial charge on any atom is 0.435 e. The van der Waals surface area contributed by atoms with Gasteiger partial charge in [-0.05, 0) is 29.3 Å². The standard InChI is InChI=1S/C21H16F3N5OS/c1-2-9-25-27-19(30)16-12-31-20(26-16)29-17(11-18(28-29)21(22,23)24)15-8-7-13-5-3-4-6-14(13)10-15/h3-12H,2H2,1H3,(H,27,30)/b25-9-. The molecule has 2 heterocycles. The van der Waals surface area contributed by atoms with Crippen LogP contribution < -0.4 is 5.43 Å². The monoisotopic (exact) mass is 443 g/mol. The lowest BCUT2D eigenvalue weighted by Gasteiger charge is -2.06. The van der Waals surface area contributed by atoms with Gasteiger partial charge in [0.2, 0.25) is 5.13 Å². The predicted octanol–water partition coefficient (Wildman–Crippen LogP) is 5.29. The summed E-state index contributed by atoms with van der Waals surface area (Å²) in [7, 11) is 0. The van der Waals surface area contributed by atoms with Gasteiger partial charge < -0.3 is 0 Å². The summed E-state index contributed by atoms with van der Waals surface area (Å²) in [5, 5.41) is 10.9. The third-order valence-corrected chi connectivity index (χ3v) is 5.21. The van der Waals surface area contributed by atoms with Gasteiger partial charge in [-0.3, -0.25) is 4.79 Å². The Labute approximate surface area is 179 Å². The van der Waals surface area contributed by atoms with E-state index in [0.717, 1.165) is 32.9 Å². The van der Waals surface area contributed by atoms with Crippen LogP contribution in [0.2, 0.25) is 0 Å². The summed E-state index contributed by atoms with van der Waals surface area (Å²) in [6, 6.07) is 13.9. The molecular formula is C21H16F3N5OS. The van der Waals surface area contributed by atoms with E-state index in [4.69, 9.17) is 0 Å². The molecule has 0 unspecified atom stereocenters. The highest BCUT2D eigenvalue weighted by molar-refractivity contribution is 7.12. The first-order valence-corrected chi connectivity index (χ1v) is 10.2. The maximum atomic E-state index is 13.4. The average Bonchev–Trinajstić information content (AvgIpc) is 3.40. The van der Waals surface area contributed by atoms with Crippen molar-refractivity contribution >= 4 is 34.2 Å². The summed E-state index contributed by atoms with van der Waals surface area (Å²) in [5.74, 6) is -0.553. The van der Waals surface area contributed by atoms with Gasteiger partial charge in [-0.25, -0.2) is 15.1 Å². The van der Waals surface area contributed by atoms with Crippen LogP contribution in [-0.4, -0.2) is 26.9 Å². The molecule has 6 nitrogen and oxygen atoms in total. The first-order valence-electron chi connectivity index (χ1n) is 9.31. The summed E-state index contributed by atoms with van der Waals surface area (Å²) < 4.78 is 41.3. The van der Waals surface area contributed by atoms with Crippen LogP contribution in [0.25, 0.3) is 27.2 Å². The van der Waals surface area contributed by atoms with Crippen LogP contribution in [0.5, 0.6) is 0 Å². The van der Waals surface area contributed by atoms with E-state index >= 15 is 0 Å². The molecule has 2 aromatic carbocycles. The zero-order valence-electron chi connectivity index (χ0n) is 16.2. The molecule has 1 amide bonds. The van der Waals surface area contributed by atoms with Crippen LogP contribution in [-0.2, 0) is 6.18 Å². The van der Waals surface area contributed by atoms with Gasteiger partial charge in [-0.15, -0.1) is 11.3 Å². The number of hydrogen-bond acceptors (Lipinski definition) is 5. The number of halogens is 3. The lowest BCUT2D eigenvalue weighted by molar-refractivity contribution is -0.141. The molecule has 0 radical (unpaired) electrons. The number of thiazole rings is 1. The number of carbonyl (C=O) groups excluding carboxylic acids is 1. The molecule has 0 saturated carbocycles. The number of hydrazone groups is 1. The van der Waals surface area contributed by atoms with E-state index in [0.29, 0.717) is 12.0 Å². The fourth-order valence-corrected chi connectivity index (χ4v) is 3.71. The van der Waals surface area contributed by atoms with Gasteiger partial charge in [-0.1, -0.05) is 43.3 Å². The number of nitrogens with one attached hydrogen (secondary N) is 1. The number of carbonyl (C=O) groups is 1. The maximum absolute atomic E-state index is 13.4. The van der Waals surface area contributed by atoms with Crippen molar-refractivity contribution in [2.45, 2.75) is 19.5 Å². The molecule has 4 rings (SSSR count). The Morgan fingerprint density at radius 1 is 1.19 bits per heavy atom. The Kier molecular flexibility index (Phi) is 5.55. The van der Waals surface area contributed by atoms with Crippen LogP contribution >= 0.6 is 11.3 Å². The van der Waals surface area contributed by atoms with Crippen LogP contribution in [0.3, 0.4) is 0 Å². The van der Waals surface area contributed by atoms with Crippen LogP contribution in [0.1, 0.15) is 29.5 Å². The lowest BCUT2D eigenvalue weighted by atomic mass is 10.0. The molecule has 0 fully saturated rings. The molecule has 0 bridgehead atoms. The third-order valence-electron chi connectivity index (χ3n) is 4.39. The molecule has 31 heavy (non-hydrogen) atoms. The summed E-state index contributed by atoms with van der Waals surface area (Å²) in [5.41, 5.74) is 2.11. The van der Waals surface area contributed by atoms with E-state index in [1.165, 1.54) is 11.6 Å². The van der Waals surface area contributed by atoms with Crippen LogP contribution in [0, 0.1) is 0 Å². The van der Waals surface area contributed by atoms with Crippen molar-refractivity contribution in [1.82, 2.24) is 20.2 Å². The fraction of sp³-hybridized carbons (Fsp3) is 0.143. The largest absolute Gasteiger partial charge is 0.435 e. The molecule has 0 atom stereocenters. The molecule has 1 N–H and O–H groups in total. The lowest BCUT2D eigenvalue weighted by Crippen LogP contribution is -2.18. The van der Waals surface area contributed by atoms with E-state index in [9.17, 15) is 18.0 Å². The molecule has 4 aromatic rings. The summed E-state index contributed by atoms with van der Waals surface area (Å²) in [4.78, 5) is 16.3. The Morgan fingerprint density at radius 2 is 1.97 bits per heavy atom. The molecule has 0 aliphatic rings. The Balaban J connectivity index is 1.78. The zero-order chi connectivity index (χ0) is 22.0. The first-order chi connectivity index (χ1) is 14.9. The zero-order valence-corrected chi connectivity index (χ0v) is 17.0. The number of hydrogen-bond donors (Lipinski definition) is 1. The van der Waals surface area contributed by atoms with Gasteiger partial charge in [0, 0.05) is 17.2 Å². The highest BCUT2D eigenvalue weighted by Crippen LogP contribution is 2.34. The molecule has 0 spiro atoms. The Morgan fingerprint density at radius 3 is 2.71 bits per heavy atom. The quantitative estimate of drug-likeness (QED) is 0.336. The molecule has 10 heteroatoms. The predicted molar refractivity (Wildman–Crippen MR) is 113 cm³/mol. The second-order valence-corrected chi connectivity index (χ2v) is 7.40. The number of fused-ring (bicyclic) bond motifs is 1. The Hall–Kier alpha value is -3.53. The number of rotatable bonds is 5. The number of amides is 1. The van der Waals surface area contributed by atoms with Crippen molar-refractivity contribution in [3.8, 4) is 16.4 Å². The molecule has 2 aromatic heterocycles. The summed E-state index contributed by atoms with van der Waals surface area (Å²) >= 11 is 1.02. The average molecular weight is 443 g/mol. The molecule has 0 saturated heterocycles. The minimum atomic E-state index is -4.62. The molecule has 0 aliphatic carbocycles. The van der Waals surface area contributed by atoms with Crippen molar-refractivity contribution < 1.29 is 18.0 Å². The minimum absolute atomic E-state index is 0.0433.